The van der Waals surface area contributed by atoms with E-state index in [4.69, 9.17) is 4.52 Å². The first-order valence-corrected chi connectivity index (χ1v) is 9.08. The van der Waals surface area contributed by atoms with Crippen LogP contribution in [0.4, 0.5) is 0 Å². The van der Waals surface area contributed by atoms with Gasteiger partial charge in [0.15, 0.2) is 0 Å². The zero-order chi connectivity index (χ0) is 18.0. The van der Waals surface area contributed by atoms with Crippen LogP contribution < -0.4 is 5.32 Å². The standard InChI is InChI=1S/C19H22N2O3S/c1-12-15(13(2)24-21-12)8-9-18(22)20-11-19(3,23)17-10-14-6-4-5-7-16(14)25-17/h4-7,10,23H,8-9,11H2,1-3H3,(H,20,22). The van der Waals surface area contributed by atoms with Crippen LogP contribution in [-0.2, 0) is 16.8 Å². The van der Waals surface area contributed by atoms with Crippen LogP contribution in [0.15, 0.2) is 34.9 Å². The lowest BCUT2D eigenvalue weighted by Crippen LogP contribution is -2.38. The zero-order valence-corrected chi connectivity index (χ0v) is 15.4. The molecule has 0 saturated heterocycles. The van der Waals surface area contributed by atoms with Crippen LogP contribution in [0.2, 0.25) is 0 Å². The predicted octanol–water partition coefficient (Wildman–Crippen LogP) is 3.46. The molecular formula is C19H22N2O3S. The summed E-state index contributed by atoms with van der Waals surface area (Å²) in [6.07, 6.45) is 0.920. The van der Waals surface area contributed by atoms with Gasteiger partial charge in [-0.15, -0.1) is 11.3 Å². The van der Waals surface area contributed by atoms with E-state index in [0.29, 0.717) is 12.8 Å². The number of carbonyl (C=O) groups is 1. The van der Waals surface area contributed by atoms with Gasteiger partial charge in [-0.3, -0.25) is 4.79 Å². The minimum Gasteiger partial charge on any atom is -0.383 e. The molecule has 0 aliphatic carbocycles. The quantitative estimate of drug-likeness (QED) is 0.707. The van der Waals surface area contributed by atoms with Crippen LogP contribution in [0.5, 0.6) is 0 Å². The molecule has 2 aromatic heterocycles. The Morgan fingerprint density at radius 2 is 2.12 bits per heavy atom. The number of carbonyl (C=O) groups excluding carboxylic acids is 1. The number of thiophene rings is 1. The minimum absolute atomic E-state index is 0.0959. The first kappa shape index (κ1) is 17.6. The van der Waals surface area contributed by atoms with Gasteiger partial charge in [-0.25, -0.2) is 0 Å². The summed E-state index contributed by atoms with van der Waals surface area (Å²) >= 11 is 1.55. The van der Waals surface area contributed by atoms with E-state index < -0.39 is 5.60 Å². The fraction of sp³-hybridized carbons (Fsp3) is 0.368. The van der Waals surface area contributed by atoms with Gasteiger partial charge < -0.3 is 14.9 Å². The Morgan fingerprint density at radius 3 is 2.80 bits per heavy atom. The van der Waals surface area contributed by atoms with Crippen LogP contribution in [0.25, 0.3) is 10.1 Å². The van der Waals surface area contributed by atoms with E-state index >= 15 is 0 Å². The molecule has 0 saturated carbocycles. The van der Waals surface area contributed by atoms with E-state index in [1.165, 1.54) is 0 Å². The smallest absolute Gasteiger partial charge is 0.220 e. The fourth-order valence-electron chi connectivity index (χ4n) is 2.79. The summed E-state index contributed by atoms with van der Waals surface area (Å²) in [6.45, 7) is 5.63. The second kappa shape index (κ2) is 6.98. The maximum absolute atomic E-state index is 12.1. The molecule has 132 valence electrons. The van der Waals surface area contributed by atoms with Gasteiger partial charge in [0.25, 0.3) is 0 Å². The minimum atomic E-state index is -1.09. The number of nitrogens with zero attached hydrogens (tertiary/aromatic N) is 1. The molecule has 3 aromatic rings. The molecule has 1 atom stereocenters. The van der Waals surface area contributed by atoms with Gasteiger partial charge in [-0.1, -0.05) is 23.4 Å². The predicted molar refractivity (Wildman–Crippen MR) is 98.7 cm³/mol. The number of hydrogen-bond donors (Lipinski definition) is 2. The largest absolute Gasteiger partial charge is 0.383 e. The van der Waals surface area contributed by atoms with Gasteiger partial charge in [-0.2, -0.15) is 0 Å². The van der Waals surface area contributed by atoms with E-state index in [1.54, 1.807) is 18.3 Å². The maximum atomic E-state index is 12.1. The lowest BCUT2D eigenvalue weighted by molar-refractivity contribution is -0.122. The van der Waals surface area contributed by atoms with Crippen molar-refractivity contribution in [2.75, 3.05) is 6.54 Å². The van der Waals surface area contributed by atoms with Gasteiger partial charge in [0.1, 0.15) is 11.4 Å². The first-order valence-electron chi connectivity index (χ1n) is 8.27. The molecule has 1 aromatic carbocycles. The maximum Gasteiger partial charge on any atom is 0.220 e. The first-order chi connectivity index (χ1) is 11.9. The lowest BCUT2D eigenvalue weighted by Gasteiger charge is -2.22. The van der Waals surface area contributed by atoms with Crippen molar-refractivity contribution in [3.05, 3.63) is 52.2 Å². The molecule has 0 fully saturated rings. The molecule has 2 N–H and O–H groups in total. The number of hydrogen-bond acceptors (Lipinski definition) is 5. The summed E-state index contributed by atoms with van der Waals surface area (Å²) in [7, 11) is 0. The SMILES string of the molecule is Cc1noc(C)c1CCC(=O)NCC(C)(O)c1cc2ccccc2s1. The average molecular weight is 358 g/mol. The molecule has 3 rings (SSSR count). The van der Waals surface area contributed by atoms with Crippen molar-refractivity contribution in [3.63, 3.8) is 0 Å². The molecule has 2 heterocycles. The number of aryl methyl sites for hydroxylation is 2. The van der Waals surface area contributed by atoms with Crippen molar-refractivity contribution in [2.45, 2.75) is 39.2 Å². The number of nitrogens with one attached hydrogen (secondary N) is 1. The molecular weight excluding hydrogens is 336 g/mol. The summed E-state index contributed by atoms with van der Waals surface area (Å²) in [4.78, 5) is 13.0. The van der Waals surface area contributed by atoms with Gasteiger partial charge >= 0.3 is 0 Å². The second-order valence-electron chi connectivity index (χ2n) is 6.50. The number of aromatic nitrogens is 1. The molecule has 1 unspecified atom stereocenters. The third-order valence-corrected chi connectivity index (χ3v) is 5.74. The Balaban J connectivity index is 1.58. The summed E-state index contributed by atoms with van der Waals surface area (Å²) in [5.74, 6) is 0.656. The number of benzene rings is 1. The van der Waals surface area contributed by atoms with Crippen molar-refractivity contribution < 1.29 is 14.4 Å². The number of aliphatic hydroxyl groups is 1. The fourth-order valence-corrected chi connectivity index (χ4v) is 3.90. The zero-order valence-electron chi connectivity index (χ0n) is 14.6. The second-order valence-corrected chi connectivity index (χ2v) is 7.59. The number of fused-ring (bicyclic) bond motifs is 1. The summed E-state index contributed by atoms with van der Waals surface area (Å²) in [6, 6.07) is 9.99. The summed E-state index contributed by atoms with van der Waals surface area (Å²) in [5.41, 5.74) is 0.705. The van der Waals surface area contributed by atoms with E-state index in [2.05, 4.69) is 10.5 Å². The van der Waals surface area contributed by atoms with Crippen LogP contribution in [-0.4, -0.2) is 22.7 Å². The topological polar surface area (TPSA) is 75.4 Å². The van der Waals surface area contributed by atoms with Crippen molar-refractivity contribution >= 4 is 27.3 Å². The van der Waals surface area contributed by atoms with E-state index in [0.717, 1.165) is 32.0 Å². The van der Waals surface area contributed by atoms with Crippen molar-refractivity contribution in [3.8, 4) is 0 Å². The molecule has 0 bridgehead atoms. The van der Waals surface area contributed by atoms with Crippen molar-refractivity contribution in [1.82, 2.24) is 10.5 Å². The number of rotatable bonds is 6. The van der Waals surface area contributed by atoms with Crippen molar-refractivity contribution in [2.24, 2.45) is 0 Å². The van der Waals surface area contributed by atoms with Gasteiger partial charge in [-0.05, 0) is 44.7 Å². The third-order valence-electron chi connectivity index (χ3n) is 4.37. The molecule has 25 heavy (non-hydrogen) atoms. The van der Waals surface area contributed by atoms with Gasteiger partial charge in [0.2, 0.25) is 5.91 Å². The highest BCUT2D eigenvalue weighted by molar-refractivity contribution is 7.19. The van der Waals surface area contributed by atoms with Gasteiger partial charge in [0.05, 0.1) is 12.2 Å². The normalized spacial score (nSPS) is 13.8. The Morgan fingerprint density at radius 1 is 1.36 bits per heavy atom. The molecule has 6 heteroatoms. The Labute approximate surface area is 150 Å². The molecule has 0 aliphatic heterocycles. The molecule has 1 amide bonds. The number of amides is 1. The van der Waals surface area contributed by atoms with Crippen LogP contribution in [0, 0.1) is 13.8 Å². The summed E-state index contributed by atoms with van der Waals surface area (Å²) in [5, 5.41) is 18.6. The van der Waals surface area contributed by atoms with E-state index in [9.17, 15) is 9.90 Å². The third kappa shape index (κ3) is 3.91. The molecule has 0 radical (unpaired) electrons. The van der Waals surface area contributed by atoms with Crippen LogP contribution in [0.3, 0.4) is 0 Å². The highest BCUT2D eigenvalue weighted by Gasteiger charge is 2.26. The Bertz CT molecular complexity index is 843. The van der Waals surface area contributed by atoms with Crippen molar-refractivity contribution in [1.29, 1.82) is 0 Å². The molecule has 0 spiro atoms. The summed E-state index contributed by atoms with van der Waals surface area (Å²) < 4.78 is 6.24. The highest BCUT2D eigenvalue weighted by atomic mass is 32.1. The Hall–Kier alpha value is -2.18. The van der Waals surface area contributed by atoms with Crippen LogP contribution >= 0.6 is 11.3 Å². The lowest BCUT2D eigenvalue weighted by atomic mass is 10.0. The van der Waals surface area contributed by atoms with E-state index in [1.807, 2.05) is 44.2 Å². The molecule has 5 nitrogen and oxygen atoms in total. The van der Waals surface area contributed by atoms with Crippen LogP contribution in [0.1, 0.15) is 35.2 Å². The average Bonchev–Trinajstić information content (AvgIpc) is 3.16. The van der Waals surface area contributed by atoms with Gasteiger partial charge in [0, 0.05) is 21.6 Å². The monoisotopic (exact) mass is 358 g/mol. The highest BCUT2D eigenvalue weighted by Crippen LogP contribution is 2.32. The van der Waals surface area contributed by atoms with E-state index in [-0.39, 0.29) is 12.5 Å². The molecule has 0 aliphatic rings. The Kier molecular flexibility index (Phi) is 4.92.